The Morgan fingerprint density at radius 1 is 1.18 bits per heavy atom. The Balaban J connectivity index is 2.76. The molecule has 1 aliphatic heterocycles. The topological polar surface area (TPSA) is 84.2 Å². The predicted octanol–water partition coefficient (Wildman–Crippen LogP) is -0.987. The molecule has 17 heavy (non-hydrogen) atoms. The van der Waals surface area contributed by atoms with Gasteiger partial charge in [-0.05, 0) is 6.17 Å². The van der Waals surface area contributed by atoms with Crippen LogP contribution in [0.25, 0.3) is 0 Å². The Bertz CT molecular complexity index is 252. The summed E-state index contributed by atoms with van der Waals surface area (Å²) in [6.07, 6.45) is -2.36. The zero-order valence-corrected chi connectivity index (χ0v) is 11.9. The fourth-order valence-electron chi connectivity index (χ4n) is 2.22. The van der Waals surface area contributed by atoms with Gasteiger partial charge in [-0.2, -0.15) is 0 Å². The lowest BCUT2D eigenvalue weighted by Gasteiger charge is -2.45. The molecule has 0 aromatic heterocycles. The zero-order chi connectivity index (χ0) is 13.2. The number of piperidine rings is 1. The molecule has 6 heteroatoms. The first kappa shape index (κ1) is 15.1. The second-order valence-corrected chi connectivity index (χ2v) is 11.1. The van der Waals surface area contributed by atoms with Gasteiger partial charge >= 0.3 is 0 Å². The molecule has 4 atom stereocenters. The first-order chi connectivity index (χ1) is 7.82. The summed E-state index contributed by atoms with van der Waals surface area (Å²) in [7, 11) is -1.39. The van der Waals surface area contributed by atoms with Crippen molar-refractivity contribution in [1.82, 2.24) is 4.90 Å². The smallest absolute Gasteiger partial charge is 0.109 e. The van der Waals surface area contributed by atoms with Crippen molar-refractivity contribution >= 4 is 8.07 Å². The molecule has 0 aliphatic carbocycles. The summed E-state index contributed by atoms with van der Waals surface area (Å²) in [5.74, 6) is 0. The number of hydrogen-bond donors (Lipinski definition) is 4. The van der Waals surface area contributed by atoms with Crippen molar-refractivity contribution in [2.75, 3.05) is 19.3 Å². The van der Waals surface area contributed by atoms with Gasteiger partial charge in [0.2, 0.25) is 0 Å². The van der Waals surface area contributed by atoms with E-state index in [0.717, 1.165) is 12.2 Å². The molecule has 1 saturated heterocycles. The van der Waals surface area contributed by atoms with Gasteiger partial charge in [0.25, 0.3) is 0 Å². The average Bonchev–Trinajstić information content (AvgIpc) is 2.26. The van der Waals surface area contributed by atoms with Crippen LogP contribution in [0.1, 0.15) is 6.92 Å². The van der Waals surface area contributed by atoms with Crippen LogP contribution in [0.2, 0.25) is 19.1 Å². The number of β-amino-alcohol motifs (C(OH)–C–C–N with tert-alkyl or cyclic N) is 1. The van der Waals surface area contributed by atoms with E-state index in [0.29, 0.717) is 6.54 Å². The van der Waals surface area contributed by atoms with E-state index in [1.807, 2.05) is 4.90 Å². The molecule has 4 N–H and O–H groups in total. The van der Waals surface area contributed by atoms with Crippen molar-refractivity contribution in [1.29, 1.82) is 0 Å². The minimum atomic E-state index is -1.39. The third-order valence-corrected chi connectivity index (χ3v) is 6.98. The number of aliphatic hydroxyl groups is 4. The maximum Gasteiger partial charge on any atom is 0.109 e. The van der Waals surface area contributed by atoms with Crippen molar-refractivity contribution in [2.45, 2.75) is 50.4 Å². The minimum absolute atomic E-state index is 0.195. The van der Waals surface area contributed by atoms with Gasteiger partial charge in [0.1, 0.15) is 12.2 Å². The average molecular weight is 263 g/mol. The van der Waals surface area contributed by atoms with E-state index in [1.165, 1.54) is 0 Å². The lowest BCUT2D eigenvalue weighted by Crippen LogP contribution is -2.64. The second kappa shape index (κ2) is 5.77. The molecule has 0 aromatic carbocycles. The summed E-state index contributed by atoms with van der Waals surface area (Å²) in [6.45, 7) is 6.75. The van der Waals surface area contributed by atoms with Crippen LogP contribution in [-0.4, -0.2) is 77.1 Å². The fourth-order valence-corrected chi connectivity index (χ4v) is 3.91. The van der Waals surface area contributed by atoms with Crippen molar-refractivity contribution in [3.8, 4) is 0 Å². The van der Waals surface area contributed by atoms with Crippen LogP contribution in [-0.2, 0) is 0 Å². The van der Waals surface area contributed by atoms with E-state index >= 15 is 0 Å². The molecule has 1 aliphatic rings. The van der Waals surface area contributed by atoms with Crippen LogP contribution >= 0.6 is 0 Å². The van der Waals surface area contributed by atoms with Gasteiger partial charge in [0.15, 0.2) is 0 Å². The maximum atomic E-state index is 9.85. The molecular weight excluding hydrogens is 238 g/mol. The summed E-state index contributed by atoms with van der Waals surface area (Å²) in [5, 5.41) is 38.5. The molecule has 1 unspecified atom stereocenters. The summed E-state index contributed by atoms with van der Waals surface area (Å²) in [5.41, 5.74) is 0. The molecule has 0 radical (unpaired) electrons. The number of aliphatic hydroxyl groups excluding tert-OH is 4. The summed E-state index contributed by atoms with van der Waals surface area (Å²) < 4.78 is 0. The highest BCUT2D eigenvalue weighted by atomic mass is 28.3. The SMILES string of the molecule is CC[Si](C)(C)CN1C[C@H](O)[C@@H](O)[C@H](O)C1CO. The van der Waals surface area contributed by atoms with E-state index < -0.39 is 32.4 Å². The standard InChI is InChI=1S/C11H25NO4Si/c1-4-17(2,3)7-12-5-9(14)11(16)10(15)8(12)6-13/h8-11,13-16H,4-7H2,1-3H3/t8?,9-,10+,11+/m0/s1. The molecule has 0 spiro atoms. The Kier molecular flexibility index (Phi) is 5.12. The Labute approximate surface area is 104 Å². The zero-order valence-electron chi connectivity index (χ0n) is 10.9. The molecule has 0 bridgehead atoms. The van der Waals surface area contributed by atoms with Crippen molar-refractivity contribution in [3.05, 3.63) is 0 Å². The third kappa shape index (κ3) is 3.49. The highest BCUT2D eigenvalue weighted by Crippen LogP contribution is 2.22. The van der Waals surface area contributed by atoms with Crippen LogP contribution in [0.3, 0.4) is 0 Å². The van der Waals surface area contributed by atoms with Gasteiger partial charge < -0.3 is 20.4 Å². The van der Waals surface area contributed by atoms with Crippen molar-refractivity contribution in [2.24, 2.45) is 0 Å². The van der Waals surface area contributed by atoms with Crippen LogP contribution in [0.4, 0.5) is 0 Å². The van der Waals surface area contributed by atoms with Crippen LogP contribution < -0.4 is 0 Å². The Hall–Kier alpha value is 0.0169. The van der Waals surface area contributed by atoms with E-state index in [1.54, 1.807) is 0 Å². The third-order valence-electron chi connectivity index (χ3n) is 3.80. The largest absolute Gasteiger partial charge is 0.395 e. The fraction of sp³-hybridized carbons (Fsp3) is 1.00. The monoisotopic (exact) mass is 263 g/mol. The molecule has 102 valence electrons. The summed E-state index contributed by atoms with van der Waals surface area (Å²) in [6, 6.07) is 0.642. The van der Waals surface area contributed by atoms with E-state index in [2.05, 4.69) is 20.0 Å². The molecular formula is C11H25NO4Si. The van der Waals surface area contributed by atoms with E-state index in [4.69, 9.17) is 0 Å². The Morgan fingerprint density at radius 3 is 2.24 bits per heavy atom. The number of nitrogens with zero attached hydrogens (tertiary/aromatic N) is 1. The minimum Gasteiger partial charge on any atom is -0.395 e. The lowest BCUT2D eigenvalue weighted by atomic mass is 9.95. The quantitative estimate of drug-likeness (QED) is 0.490. The highest BCUT2D eigenvalue weighted by Gasteiger charge is 2.42. The summed E-state index contributed by atoms with van der Waals surface area (Å²) >= 11 is 0. The molecule has 5 nitrogen and oxygen atoms in total. The van der Waals surface area contributed by atoms with Crippen molar-refractivity contribution in [3.63, 3.8) is 0 Å². The predicted molar refractivity (Wildman–Crippen MR) is 68.4 cm³/mol. The van der Waals surface area contributed by atoms with E-state index in [9.17, 15) is 20.4 Å². The molecule has 1 fully saturated rings. The van der Waals surface area contributed by atoms with Gasteiger partial charge in [-0.15, -0.1) is 0 Å². The van der Waals surface area contributed by atoms with Crippen LogP contribution in [0.5, 0.6) is 0 Å². The number of hydrogen-bond acceptors (Lipinski definition) is 5. The lowest BCUT2D eigenvalue weighted by molar-refractivity contribution is -0.141. The molecule has 1 rings (SSSR count). The highest BCUT2D eigenvalue weighted by molar-refractivity contribution is 6.77. The molecule has 0 amide bonds. The molecule has 0 aromatic rings. The van der Waals surface area contributed by atoms with Gasteiger partial charge in [-0.3, -0.25) is 4.90 Å². The van der Waals surface area contributed by atoms with Crippen molar-refractivity contribution < 1.29 is 20.4 Å². The molecule has 0 saturated carbocycles. The number of rotatable bonds is 4. The summed E-state index contributed by atoms with van der Waals surface area (Å²) in [4.78, 5) is 1.93. The first-order valence-electron chi connectivity index (χ1n) is 6.21. The molecule has 1 heterocycles. The van der Waals surface area contributed by atoms with Gasteiger partial charge in [-0.1, -0.05) is 26.1 Å². The maximum absolute atomic E-state index is 9.85. The van der Waals surface area contributed by atoms with Gasteiger partial charge in [0, 0.05) is 6.54 Å². The van der Waals surface area contributed by atoms with Gasteiger partial charge in [-0.25, -0.2) is 0 Å². The number of likely N-dealkylation sites (tertiary alicyclic amines) is 1. The Morgan fingerprint density at radius 2 is 1.76 bits per heavy atom. The van der Waals surface area contributed by atoms with E-state index in [-0.39, 0.29) is 6.61 Å². The van der Waals surface area contributed by atoms with Crippen LogP contribution in [0, 0.1) is 0 Å². The second-order valence-electron chi connectivity index (χ2n) is 5.75. The first-order valence-corrected chi connectivity index (χ1v) is 9.63. The normalized spacial score (nSPS) is 36.2. The van der Waals surface area contributed by atoms with Crippen LogP contribution in [0.15, 0.2) is 0 Å². The van der Waals surface area contributed by atoms with Gasteiger partial charge in [0.05, 0.1) is 26.8 Å².